The van der Waals surface area contributed by atoms with Crippen LogP contribution in [-0.2, 0) is 4.74 Å². The van der Waals surface area contributed by atoms with Crippen LogP contribution in [0.4, 0.5) is 5.69 Å². The van der Waals surface area contributed by atoms with E-state index in [4.69, 9.17) is 19.2 Å². The fourth-order valence-corrected chi connectivity index (χ4v) is 4.36. The third-order valence-corrected chi connectivity index (χ3v) is 6.25. The number of imidazole rings is 1. The lowest BCUT2D eigenvalue weighted by molar-refractivity contribution is 0.0152. The van der Waals surface area contributed by atoms with E-state index >= 15 is 0 Å². The van der Waals surface area contributed by atoms with E-state index in [1.165, 1.54) is 5.56 Å². The number of ether oxygens (including phenoxy) is 3. The van der Waals surface area contributed by atoms with Gasteiger partial charge >= 0.3 is 0 Å². The normalized spacial score (nSPS) is 19.6. The molecule has 2 aliphatic heterocycles. The Morgan fingerprint density at radius 2 is 2.00 bits per heavy atom. The Balaban J connectivity index is 1.36. The Morgan fingerprint density at radius 1 is 1.14 bits per heavy atom. The summed E-state index contributed by atoms with van der Waals surface area (Å²) in [7, 11) is 5.36. The summed E-state index contributed by atoms with van der Waals surface area (Å²) in [5, 5.41) is 6.48. The molecule has 35 heavy (non-hydrogen) atoms. The van der Waals surface area contributed by atoms with Gasteiger partial charge in [-0.05, 0) is 44.2 Å². The molecule has 0 spiro atoms. The summed E-state index contributed by atoms with van der Waals surface area (Å²) in [6.07, 6.45) is 6.94. The van der Waals surface area contributed by atoms with Crippen molar-refractivity contribution < 1.29 is 14.2 Å². The van der Waals surface area contributed by atoms with Crippen LogP contribution in [0, 0.1) is 13.8 Å². The van der Waals surface area contributed by atoms with E-state index < -0.39 is 0 Å². The van der Waals surface area contributed by atoms with Gasteiger partial charge in [0.2, 0.25) is 5.96 Å². The maximum absolute atomic E-state index is 6.08. The minimum Gasteiger partial charge on any atom is -0.497 e. The van der Waals surface area contributed by atoms with Gasteiger partial charge < -0.3 is 24.8 Å². The fourth-order valence-electron chi connectivity index (χ4n) is 4.36. The largest absolute Gasteiger partial charge is 0.497 e. The van der Waals surface area contributed by atoms with Gasteiger partial charge in [0.15, 0.2) is 23.5 Å². The molecular formula is C25H29N7O3. The molecule has 10 heteroatoms. The summed E-state index contributed by atoms with van der Waals surface area (Å²) in [4.78, 5) is 15.9. The molecule has 182 valence electrons. The van der Waals surface area contributed by atoms with E-state index in [9.17, 15) is 0 Å². The SMILES string of the molecule is COc1ccc(C2COC3=CNC(Nc4cnc(-n5cnc(C)c5)c(OC)c4)=NC3N2C)c(C)c1. The third-order valence-electron chi connectivity index (χ3n) is 6.25. The Labute approximate surface area is 204 Å². The van der Waals surface area contributed by atoms with Crippen LogP contribution >= 0.6 is 0 Å². The van der Waals surface area contributed by atoms with Crippen molar-refractivity contribution in [2.24, 2.45) is 4.99 Å². The van der Waals surface area contributed by atoms with E-state index in [2.05, 4.69) is 45.5 Å². The molecule has 1 fully saturated rings. The van der Waals surface area contributed by atoms with Crippen molar-refractivity contribution in [1.82, 2.24) is 24.8 Å². The van der Waals surface area contributed by atoms with Crippen LogP contribution in [0.3, 0.4) is 0 Å². The number of likely N-dealkylation sites (N-methyl/N-ethyl adjacent to an activating group) is 1. The molecule has 1 saturated heterocycles. The van der Waals surface area contributed by atoms with Crippen LogP contribution in [0.2, 0.25) is 0 Å². The highest BCUT2D eigenvalue weighted by molar-refractivity contribution is 5.95. The zero-order valence-electron chi connectivity index (χ0n) is 20.4. The van der Waals surface area contributed by atoms with Crippen molar-refractivity contribution >= 4 is 11.6 Å². The van der Waals surface area contributed by atoms with Gasteiger partial charge in [-0.3, -0.25) is 9.47 Å². The Bertz CT molecular complexity index is 1300. The predicted octanol–water partition coefficient (Wildman–Crippen LogP) is 3.14. The number of hydrogen-bond acceptors (Lipinski definition) is 9. The van der Waals surface area contributed by atoms with Crippen molar-refractivity contribution in [3.8, 4) is 17.3 Å². The van der Waals surface area contributed by atoms with Gasteiger partial charge in [-0.1, -0.05) is 6.07 Å². The summed E-state index contributed by atoms with van der Waals surface area (Å²) >= 11 is 0. The Morgan fingerprint density at radius 3 is 2.71 bits per heavy atom. The second-order valence-electron chi connectivity index (χ2n) is 8.55. The molecule has 5 rings (SSSR count). The number of benzene rings is 1. The molecule has 2 N–H and O–H groups in total. The highest BCUT2D eigenvalue weighted by Gasteiger charge is 2.36. The predicted molar refractivity (Wildman–Crippen MR) is 133 cm³/mol. The molecular weight excluding hydrogens is 446 g/mol. The van der Waals surface area contributed by atoms with Gasteiger partial charge in [0.25, 0.3) is 0 Å². The van der Waals surface area contributed by atoms with E-state index in [0.29, 0.717) is 24.1 Å². The van der Waals surface area contributed by atoms with Crippen LogP contribution in [-0.4, -0.2) is 59.4 Å². The zero-order chi connectivity index (χ0) is 24.5. The average molecular weight is 476 g/mol. The van der Waals surface area contributed by atoms with Crippen LogP contribution in [0.15, 0.2) is 59.9 Å². The first kappa shape index (κ1) is 22.7. The molecule has 4 heterocycles. The molecule has 0 amide bonds. The molecule has 0 bridgehead atoms. The number of pyridine rings is 1. The minimum absolute atomic E-state index is 0.0610. The molecule has 3 aromatic rings. The molecule has 2 aromatic heterocycles. The van der Waals surface area contributed by atoms with Gasteiger partial charge in [-0.25, -0.2) is 15.0 Å². The number of guanidine groups is 1. The summed E-state index contributed by atoms with van der Waals surface area (Å²) in [5.74, 6) is 3.50. The van der Waals surface area contributed by atoms with Gasteiger partial charge in [-0.2, -0.15) is 0 Å². The average Bonchev–Trinajstić information content (AvgIpc) is 3.30. The van der Waals surface area contributed by atoms with Gasteiger partial charge in [0.05, 0.1) is 37.8 Å². The fraction of sp³-hybridized carbons (Fsp3) is 0.320. The van der Waals surface area contributed by atoms with Gasteiger partial charge in [0, 0.05) is 18.5 Å². The summed E-state index contributed by atoms with van der Waals surface area (Å²) in [6, 6.07) is 8.06. The van der Waals surface area contributed by atoms with Gasteiger partial charge in [-0.15, -0.1) is 0 Å². The quantitative estimate of drug-likeness (QED) is 0.581. The second kappa shape index (κ2) is 9.30. The summed E-state index contributed by atoms with van der Waals surface area (Å²) < 4.78 is 18.8. The molecule has 0 saturated carbocycles. The van der Waals surface area contributed by atoms with Crippen LogP contribution in [0.5, 0.6) is 11.5 Å². The first-order valence-electron chi connectivity index (χ1n) is 11.3. The number of aliphatic imine (C=N–C) groups is 1. The van der Waals surface area contributed by atoms with Crippen molar-refractivity contribution in [1.29, 1.82) is 0 Å². The molecule has 2 unspecified atom stereocenters. The van der Waals surface area contributed by atoms with Gasteiger partial charge in [0.1, 0.15) is 18.7 Å². The summed E-state index contributed by atoms with van der Waals surface area (Å²) in [5.41, 5.74) is 3.99. The van der Waals surface area contributed by atoms with E-state index in [0.717, 1.165) is 28.5 Å². The number of aromatic nitrogens is 3. The number of aryl methyl sites for hydroxylation is 2. The lowest BCUT2D eigenvalue weighted by Crippen LogP contribution is -2.47. The van der Waals surface area contributed by atoms with Crippen LogP contribution in [0.1, 0.15) is 22.9 Å². The minimum atomic E-state index is -0.262. The number of anilines is 1. The zero-order valence-corrected chi connectivity index (χ0v) is 20.4. The maximum Gasteiger partial charge on any atom is 0.202 e. The number of rotatable bonds is 5. The smallest absolute Gasteiger partial charge is 0.202 e. The lowest BCUT2D eigenvalue weighted by Gasteiger charge is -2.41. The standard InChI is InChI=1S/C25H29N7O3/c1-15-8-18(33-4)6-7-19(15)20-13-35-22-11-27-25(30-24(22)31(20)3)29-17-9-21(34-5)23(26-10-17)32-12-16(2)28-14-32/h6-12,14,20,24H,13H2,1-5H3,(H2,27,29,30). The highest BCUT2D eigenvalue weighted by Crippen LogP contribution is 2.34. The van der Waals surface area contributed by atoms with Crippen LogP contribution < -0.4 is 20.1 Å². The van der Waals surface area contributed by atoms with Crippen molar-refractivity contribution in [3.63, 3.8) is 0 Å². The second-order valence-corrected chi connectivity index (χ2v) is 8.55. The first-order chi connectivity index (χ1) is 17.0. The molecule has 10 nitrogen and oxygen atoms in total. The number of morpholine rings is 1. The van der Waals surface area contributed by atoms with Crippen molar-refractivity contribution in [2.75, 3.05) is 33.2 Å². The van der Waals surface area contributed by atoms with E-state index in [-0.39, 0.29) is 12.2 Å². The molecule has 1 aromatic carbocycles. The number of nitrogens with zero attached hydrogens (tertiary/aromatic N) is 5. The third kappa shape index (κ3) is 4.40. The Hall–Kier alpha value is -4.05. The number of methoxy groups -OCH3 is 2. The maximum atomic E-state index is 6.08. The molecule has 2 aliphatic rings. The Kier molecular flexibility index (Phi) is 6.04. The molecule has 0 radical (unpaired) electrons. The molecule has 2 atom stereocenters. The van der Waals surface area contributed by atoms with Crippen LogP contribution in [0.25, 0.3) is 5.82 Å². The number of nitrogens with one attached hydrogen (secondary N) is 2. The van der Waals surface area contributed by atoms with E-state index in [1.54, 1.807) is 26.7 Å². The van der Waals surface area contributed by atoms with E-state index in [1.807, 2.05) is 42.1 Å². The molecule has 0 aliphatic carbocycles. The highest BCUT2D eigenvalue weighted by atomic mass is 16.5. The number of hydrogen-bond donors (Lipinski definition) is 2. The van der Waals surface area contributed by atoms with Crippen molar-refractivity contribution in [3.05, 3.63) is 71.8 Å². The lowest BCUT2D eigenvalue weighted by atomic mass is 9.98. The van der Waals surface area contributed by atoms with Crippen molar-refractivity contribution in [2.45, 2.75) is 26.1 Å². The monoisotopic (exact) mass is 475 g/mol. The summed E-state index contributed by atoms with van der Waals surface area (Å²) in [6.45, 7) is 4.56. The number of fused-ring (bicyclic) bond motifs is 1. The first-order valence-corrected chi connectivity index (χ1v) is 11.3. The topological polar surface area (TPSA) is 98.1 Å².